The first kappa shape index (κ1) is 29.5. The molecule has 7 rings (SSSR count). The van der Waals surface area contributed by atoms with E-state index in [0.717, 1.165) is 38.5 Å². The van der Waals surface area contributed by atoms with Gasteiger partial charge in [0.15, 0.2) is 11.6 Å². The fourth-order valence-electron chi connectivity index (χ4n) is 5.82. The Bertz CT molecular complexity index is 1640. The number of aromatic nitrogens is 6. The Morgan fingerprint density at radius 2 is 1.07 bits per heavy atom. The van der Waals surface area contributed by atoms with Gasteiger partial charge in [-0.3, -0.25) is 9.59 Å². The van der Waals surface area contributed by atoms with Crippen molar-refractivity contribution in [3.05, 3.63) is 119 Å². The number of amides is 2. The van der Waals surface area contributed by atoms with E-state index in [4.69, 9.17) is 9.05 Å². The van der Waals surface area contributed by atoms with E-state index < -0.39 is 0 Å². The Morgan fingerprint density at radius 1 is 0.630 bits per heavy atom. The molecule has 3 aromatic heterocycles. The van der Waals surface area contributed by atoms with Crippen LogP contribution in [0.4, 0.5) is 0 Å². The van der Waals surface area contributed by atoms with Gasteiger partial charge in [0.1, 0.15) is 23.5 Å². The lowest BCUT2D eigenvalue weighted by Crippen LogP contribution is -2.46. The molecule has 2 fully saturated rings. The molecule has 0 bridgehead atoms. The van der Waals surface area contributed by atoms with Gasteiger partial charge < -0.3 is 18.8 Å². The van der Waals surface area contributed by atoms with Crippen molar-refractivity contribution < 1.29 is 18.6 Å². The summed E-state index contributed by atoms with van der Waals surface area (Å²) < 4.78 is 11.0. The third kappa shape index (κ3) is 6.42. The van der Waals surface area contributed by atoms with Gasteiger partial charge in [-0.05, 0) is 49.7 Å². The van der Waals surface area contributed by atoms with E-state index in [-0.39, 0.29) is 35.3 Å². The smallest absolute Gasteiger partial charge is 0.274 e. The van der Waals surface area contributed by atoms with Gasteiger partial charge in [0.2, 0.25) is 11.8 Å². The van der Waals surface area contributed by atoms with Crippen molar-refractivity contribution >= 4 is 11.8 Å². The van der Waals surface area contributed by atoms with Crippen molar-refractivity contribution in [1.82, 2.24) is 40.0 Å². The molecule has 2 saturated heterocycles. The highest BCUT2D eigenvalue weighted by atomic mass is 16.5. The van der Waals surface area contributed by atoms with E-state index in [9.17, 15) is 9.59 Å². The Balaban J connectivity index is 0.908. The minimum absolute atomic E-state index is 0.154. The second-order valence-corrected chi connectivity index (χ2v) is 11.7. The summed E-state index contributed by atoms with van der Waals surface area (Å²) >= 11 is 0. The highest BCUT2D eigenvalue weighted by molar-refractivity contribution is 5.95. The minimum atomic E-state index is -0.300. The van der Waals surface area contributed by atoms with Crippen LogP contribution in [0.2, 0.25) is 0 Å². The molecule has 234 valence electrons. The molecule has 0 spiro atoms. The molecule has 46 heavy (non-hydrogen) atoms. The minimum Gasteiger partial charge on any atom is -0.337 e. The van der Waals surface area contributed by atoms with Crippen molar-refractivity contribution in [2.45, 2.75) is 63.5 Å². The van der Waals surface area contributed by atoms with E-state index in [2.05, 4.69) is 54.5 Å². The van der Waals surface area contributed by atoms with Crippen LogP contribution in [-0.2, 0) is 25.7 Å². The van der Waals surface area contributed by atoms with E-state index in [0.29, 0.717) is 49.4 Å². The van der Waals surface area contributed by atoms with Crippen molar-refractivity contribution in [1.29, 1.82) is 0 Å². The molecule has 12 nitrogen and oxygen atoms in total. The number of carbonyl (C=O) groups is 2. The van der Waals surface area contributed by atoms with Gasteiger partial charge in [0, 0.05) is 25.9 Å². The molecule has 2 aliphatic rings. The lowest BCUT2D eigenvalue weighted by atomic mass is 10.0. The summed E-state index contributed by atoms with van der Waals surface area (Å²) in [5.74, 6) is 1.55. The Labute approximate surface area is 265 Å². The van der Waals surface area contributed by atoms with Crippen molar-refractivity contribution in [2.24, 2.45) is 0 Å². The van der Waals surface area contributed by atoms with Gasteiger partial charge in [0.25, 0.3) is 11.8 Å². The van der Waals surface area contributed by atoms with E-state index >= 15 is 0 Å². The number of nitrogens with zero attached hydrogens (tertiary/aromatic N) is 8. The van der Waals surface area contributed by atoms with Crippen molar-refractivity contribution in [2.75, 3.05) is 13.1 Å². The molecule has 2 aliphatic heterocycles. The second kappa shape index (κ2) is 13.4. The van der Waals surface area contributed by atoms with Crippen LogP contribution in [0.25, 0.3) is 0 Å². The monoisotopic (exact) mass is 618 g/mol. The number of rotatable bonds is 12. The lowest BCUT2D eigenvalue weighted by molar-refractivity contribution is 0.0359. The van der Waals surface area contributed by atoms with E-state index in [1.807, 2.05) is 36.4 Å². The van der Waals surface area contributed by atoms with Crippen LogP contribution in [-0.4, -0.2) is 65.0 Å². The van der Waals surface area contributed by atoms with Crippen LogP contribution < -0.4 is 0 Å². The zero-order chi connectivity index (χ0) is 31.3. The second-order valence-electron chi connectivity index (χ2n) is 11.7. The summed E-state index contributed by atoms with van der Waals surface area (Å²) in [5, 5.41) is 8.24. The molecule has 2 aromatic carbocycles. The molecule has 0 radical (unpaired) electrons. The SMILES string of the molecule is O=C(c1cnc(C(=O)N2CC[C@H]2c2nc(CCCc3ccccc3)no2)cn1)N1CC[C@H]1c1nc(CCCc2ccccc2)no1. The molecule has 0 saturated carbocycles. The predicted octanol–water partition coefficient (Wildman–Crippen LogP) is 4.77. The lowest BCUT2D eigenvalue weighted by Gasteiger charge is -2.38. The average molecular weight is 619 g/mol. The number of hydrogen-bond donors (Lipinski definition) is 0. The zero-order valence-corrected chi connectivity index (χ0v) is 25.4. The number of likely N-dealkylation sites (tertiary alicyclic amines) is 2. The molecule has 0 unspecified atom stereocenters. The topological polar surface area (TPSA) is 144 Å². The molecule has 0 aliphatic carbocycles. The summed E-state index contributed by atoms with van der Waals surface area (Å²) in [4.78, 5) is 47.4. The Hall–Kier alpha value is -5.26. The maximum Gasteiger partial charge on any atom is 0.274 e. The van der Waals surface area contributed by atoms with Gasteiger partial charge in [0.05, 0.1) is 12.4 Å². The summed E-state index contributed by atoms with van der Waals surface area (Å²) in [6, 6.07) is 20.0. The largest absolute Gasteiger partial charge is 0.337 e. The molecule has 5 aromatic rings. The van der Waals surface area contributed by atoms with Crippen LogP contribution in [0.15, 0.2) is 82.1 Å². The maximum absolute atomic E-state index is 13.2. The molecular weight excluding hydrogens is 584 g/mol. The number of benzene rings is 2. The fourth-order valence-corrected chi connectivity index (χ4v) is 5.82. The van der Waals surface area contributed by atoms with E-state index in [1.165, 1.54) is 23.5 Å². The zero-order valence-electron chi connectivity index (χ0n) is 25.4. The Morgan fingerprint density at radius 3 is 1.43 bits per heavy atom. The first-order valence-electron chi connectivity index (χ1n) is 15.8. The molecule has 0 N–H and O–H groups in total. The highest BCUT2D eigenvalue weighted by Crippen LogP contribution is 2.35. The molecule has 5 heterocycles. The number of aryl methyl sites for hydroxylation is 4. The first-order chi connectivity index (χ1) is 22.6. The van der Waals surface area contributed by atoms with Gasteiger partial charge in [-0.1, -0.05) is 71.0 Å². The highest BCUT2D eigenvalue weighted by Gasteiger charge is 2.40. The third-order valence-corrected chi connectivity index (χ3v) is 8.61. The first-order valence-corrected chi connectivity index (χ1v) is 15.8. The quantitative estimate of drug-likeness (QED) is 0.192. The van der Waals surface area contributed by atoms with E-state index in [1.54, 1.807) is 9.80 Å². The van der Waals surface area contributed by atoms with Crippen molar-refractivity contribution in [3.63, 3.8) is 0 Å². The standard InChI is InChI=1S/C34H34N8O4/c43-33(41-19-17-27(41)31-37-29(39-45-31)15-7-13-23-9-3-1-4-10-23)25-21-36-26(22-35-25)34(44)42-20-18-28(42)32-38-30(40-46-32)16-8-14-24-11-5-2-6-12-24/h1-6,9-12,21-22,27-28H,7-8,13-20H2/t27-,28-/m0/s1. The number of carbonyl (C=O) groups excluding carboxylic acids is 2. The molecule has 2 amide bonds. The summed E-state index contributed by atoms with van der Waals surface area (Å²) in [7, 11) is 0. The van der Waals surface area contributed by atoms with Crippen LogP contribution >= 0.6 is 0 Å². The average Bonchev–Trinajstić information content (AvgIpc) is 3.71. The number of hydrogen-bond acceptors (Lipinski definition) is 10. The predicted molar refractivity (Wildman–Crippen MR) is 164 cm³/mol. The Kier molecular flexibility index (Phi) is 8.57. The van der Waals surface area contributed by atoms with Crippen LogP contribution in [0.1, 0.15) is 93.3 Å². The maximum atomic E-state index is 13.2. The molecular formula is C34H34N8O4. The van der Waals surface area contributed by atoms with Crippen LogP contribution in [0, 0.1) is 0 Å². The summed E-state index contributed by atoms with van der Waals surface area (Å²) in [6.45, 7) is 1.09. The van der Waals surface area contributed by atoms with Crippen LogP contribution in [0.3, 0.4) is 0 Å². The van der Waals surface area contributed by atoms with Gasteiger partial charge >= 0.3 is 0 Å². The fraction of sp³-hybridized carbons (Fsp3) is 0.353. The summed E-state index contributed by atoms with van der Waals surface area (Å²) in [5.41, 5.74) is 2.85. The normalized spacial score (nSPS) is 17.4. The van der Waals surface area contributed by atoms with Gasteiger partial charge in [-0.15, -0.1) is 0 Å². The summed E-state index contributed by atoms with van der Waals surface area (Å²) in [6.07, 6.45) is 9.20. The molecule has 2 atom stereocenters. The van der Waals surface area contributed by atoms with Crippen molar-refractivity contribution in [3.8, 4) is 0 Å². The third-order valence-electron chi connectivity index (χ3n) is 8.61. The van der Waals surface area contributed by atoms with Gasteiger partial charge in [-0.25, -0.2) is 9.97 Å². The van der Waals surface area contributed by atoms with Gasteiger partial charge in [-0.2, -0.15) is 9.97 Å². The van der Waals surface area contributed by atoms with Crippen LogP contribution in [0.5, 0.6) is 0 Å². The molecule has 12 heteroatoms.